The van der Waals surface area contributed by atoms with Crippen LogP contribution in [0.3, 0.4) is 0 Å². The second-order valence-corrected chi connectivity index (χ2v) is 4.43. The lowest BCUT2D eigenvalue weighted by Crippen LogP contribution is -2.03. The normalized spacial score (nSPS) is 14.4. The van der Waals surface area contributed by atoms with Gasteiger partial charge in [-0.3, -0.25) is 10.1 Å². The number of non-ortho nitro benzene ring substituents is 1. The number of rotatable bonds is 6. The molecule has 2 N–H and O–H groups in total. The van der Waals surface area contributed by atoms with Crippen molar-refractivity contribution in [2.45, 2.75) is 19.3 Å². The van der Waals surface area contributed by atoms with Gasteiger partial charge in [-0.25, -0.2) is 0 Å². The van der Waals surface area contributed by atoms with E-state index in [1.165, 1.54) is 18.9 Å². The number of hydrogen-bond donors (Lipinski definition) is 2. The second-order valence-electron chi connectivity index (χ2n) is 4.43. The van der Waals surface area contributed by atoms with E-state index in [-0.39, 0.29) is 10.6 Å². The number of benzene rings is 1. The molecule has 0 aromatic heterocycles. The lowest BCUT2D eigenvalue weighted by atomic mass is 10.2. The Labute approximate surface area is 100 Å². The van der Waals surface area contributed by atoms with Crippen molar-refractivity contribution in [2.75, 3.05) is 24.2 Å². The van der Waals surface area contributed by atoms with Gasteiger partial charge in [0.15, 0.2) is 0 Å². The number of nitrogens with one attached hydrogen (secondary N) is 2. The molecule has 1 aromatic carbocycles. The highest BCUT2D eigenvalue weighted by atomic mass is 16.6. The van der Waals surface area contributed by atoms with Crippen LogP contribution in [-0.2, 0) is 0 Å². The molecule has 92 valence electrons. The minimum Gasteiger partial charge on any atom is -0.388 e. The van der Waals surface area contributed by atoms with Crippen molar-refractivity contribution in [3.05, 3.63) is 28.3 Å². The maximum absolute atomic E-state index is 10.8. The van der Waals surface area contributed by atoms with E-state index in [1.54, 1.807) is 13.1 Å². The zero-order valence-electron chi connectivity index (χ0n) is 9.90. The molecule has 0 heterocycles. The number of hydrogen-bond acceptors (Lipinski definition) is 4. The van der Waals surface area contributed by atoms with Crippen molar-refractivity contribution < 1.29 is 4.92 Å². The molecule has 0 bridgehead atoms. The van der Waals surface area contributed by atoms with E-state index in [0.29, 0.717) is 0 Å². The number of nitro groups is 1. The molecule has 1 fully saturated rings. The topological polar surface area (TPSA) is 67.2 Å². The van der Waals surface area contributed by atoms with Gasteiger partial charge in [0.1, 0.15) is 0 Å². The first-order valence-corrected chi connectivity index (χ1v) is 5.90. The molecule has 17 heavy (non-hydrogen) atoms. The fraction of sp³-hybridized carbons (Fsp3) is 0.500. The number of nitro benzene ring substituents is 1. The van der Waals surface area contributed by atoms with Gasteiger partial charge < -0.3 is 10.6 Å². The summed E-state index contributed by atoms with van der Waals surface area (Å²) in [7, 11) is 1.76. The minimum atomic E-state index is -0.368. The van der Waals surface area contributed by atoms with Crippen LogP contribution in [0.1, 0.15) is 19.3 Å². The Morgan fingerprint density at radius 3 is 2.65 bits per heavy atom. The van der Waals surface area contributed by atoms with Gasteiger partial charge in [0.25, 0.3) is 5.69 Å². The van der Waals surface area contributed by atoms with Gasteiger partial charge in [-0.05, 0) is 18.4 Å². The van der Waals surface area contributed by atoms with E-state index in [0.717, 1.165) is 30.3 Å². The summed E-state index contributed by atoms with van der Waals surface area (Å²) in [6.07, 6.45) is 3.81. The molecule has 0 unspecified atom stereocenters. The van der Waals surface area contributed by atoms with Gasteiger partial charge in [0.05, 0.1) is 4.92 Å². The molecule has 0 amide bonds. The van der Waals surface area contributed by atoms with E-state index in [2.05, 4.69) is 10.6 Å². The third kappa shape index (κ3) is 3.34. The summed E-state index contributed by atoms with van der Waals surface area (Å²) < 4.78 is 0. The van der Waals surface area contributed by atoms with E-state index in [9.17, 15) is 10.1 Å². The molecule has 5 nitrogen and oxygen atoms in total. The largest absolute Gasteiger partial charge is 0.388 e. The summed E-state index contributed by atoms with van der Waals surface area (Å²) in [6, 6.07) is 5.00. The molecule has 5 heteroatoms. The highest BCUT2D eigenvalue weighted by Gasteiger charge is 2.20. The van der Waals surface area contributed by atoms with Crippen molar-refractivity contribution in [3.8, 4) is 0 Å². The molecule has 1 aliphatic rings. The van der Waals surface area contributed by atoms with Crippen LogP contribution in [-0.4, -0.2) is 18.5 Å². The van der Waals surface area contributed by atoms with Crippen LogP contribution in [0, 0.1) is 16.0 Å². The second kappa shape index (κ2) is 5.03. The fourth-order valence-corrected chi connectivity index (χ4v) is 1.79. The Bertz CT molecular complexity index is 416. The van der Waals surface area contributed by atoms with Gasteiger partial charge in [-0.15, -0.1) is 0 Å². The Kier molecular flexibility index (Phi) is 3.46. The van der Waals surface area contributed by atoms with Crippen molar-refractivity contribution >= 4 is 17.1 Å². The SMILES string of the molecule is CNc1cc(NCCC2CC2)cc([N+](=O)[O-])c1. The molecule has 1 aliphatic carbocycles. The van der Waals surface area contributed by atoms with Gasteiger partial charge in [-0.1, -0.05) is 12.8 Å². The van der Waals surface area contributed by atoms with Crippen molar-refractivity contribution in [3.63, 3.8) is 0 Å². The highest BCUT2D eigenvalue weighted by Crippen LogP contribution is 2.32. The summed E-state index contributed by atoms with van der Waals surface area (Å²) in [5.74, 6) is 0.866. The van der Waals surface area contributed by atoms with Crippen LogP contribution in [0.15, 0.2) is 18.2 Å². The standard InChI is InChI=1S/C12H17N3O2/c1-13-10-6-11(8-12(7-10)15(16)17)14-5-4-9-2-3-9/h6-9,13-14H,2-5H2,1H3. The van der Waals surface area contributed by atoms with Crippen LogP contribution in [0.25, 0.3) is 0 Å². The average molecular weight is 235 g/mol. The molecule has 0 saturated heterocycles. The molecular formula is C12H17N3O2. The predicted octanol–water partition coefficient (Wildman–Crippen LogP) is 2.85. The summed E-state index contributed by atoms with van der Waals surface area (Å²) >= 11 is 0. The summed E-state index contributed by atoms with van der Waals surface area (Å²) in [6.45, 7) is 0.884. The molecule has 1 saturated carbocycles. The quantitative estimate of drug-likeness (QED) is 0.587. The monoisotopic (exact) mass is 235 g/mol. The molecule has 1 aromatic rings. The zero-order chi connectivity index (χ0) is 12.3. The van der Waals surface area contributed by atoms with E-state index in [4.69, 9.17) is 0 Å². The Morgan fingerprint density at radius 2 is 2.06 bits per heavy atom. The Balaban J connectivity index is 2.02. The minimum absolute atomic E-state index is 0.116. The first-order chi connectivity index (χ1) is 8.19. The van der Waals surface area contributed by atoms with Crippen LogP contribution in [0.4, 0.5) is 17.1 Å². The van der Waals surface area contributed by atoms with Crippen LogP contribution < -0.4 is 10.6 Å². The van der Waals surface area contributed by atoms with Crippen LogP contribution >= 0.6 is 0 Å². The maximum Gasteiger partial charge on any atom is 0.273 e. The highest BCUT2D eigenvalue weighted by molar-refractivity contribution is 5.63. The average Bonchev–Trinajstić information content (AvgIpc) is 3.12. The number of anilines is 2. The third-order valence-electron chi connectivity index (χ3n) is 3.00. The van der Waals surface area contributed by atoms with Crippen molar-refractivity contribution in [1.82, 2.24) is 0 Å². The van der Waals surface area contributed by atoms with Gasteiger partial charge >= 0.3 is 0 Å². The molecule has 0 atom stereocenters. The predicted molar refractivity (Wildman–Crippen MR) is 68.5 cm³/mol. The molecular weight excluding hydrogens is 218 g/mol. The molecule has 0 aliphatic heterocycles. The Hall–Kier alpha value is -1.78. The smallest absolute Gasteiger partial charge is 0.273 e. The molecule has 0 radical (unpaired) electrons. The van der Waals surface area contributed by atoms with E-state index >= 15 is 0 Å². The van der Waals surface area contributed by atoms with Gasteiger partial charge in [0, 0.05) is 37.1 Å². The third-order valence-corrected chi connectivity index (χ3v) is 3.00. The van der Waals surface area contributed by atoms with E-state index < -0.39 is 0 Å². The maximum atomic E-state index is 10.8. The van der Waals surface area contributed by atoms with E-state index in [1.807, 2.05) is 6.07 Å². The summed E-state index contributed by atoms with van der Waals surface area (Å²) in [4.78, 5) is 10.4. The van der Waals surface area contributed by atoms with Crippen molar-refractivity contribution in [1.29, 1.82) is 0 Å². The summed E-state index contributed by atoms with van der Waals surface area (Å²) in [5.41, 5.74) is 1.68. The first-order valence-electron chi connectivity index (χ1n) is 5.90. The van der Waals surface area contributed by atoms with Gasteiger partial charge in [0.2, 0.25) is 0 Å². The molecule has 2 rings (SSSR count). The summed E-state index contributed by atoms with van der Waals surface area (Å²) in [5, 5.41) is 16.9. The first kappa shape index (κ1) is 11.7. The molecule has 0 spiro atoms. The number of nitrogens with zero attached hydrogens (tertiary/aromatic N) is 1. The Morgan fingerprint density at radius 1 is 1.35 bits per heavy atom. The lowest BCUT2D eigenvalue weighted by molar-refractivity contribution is -0.384. The lowest BCUT2D eigenvalue weighted by Gasteiger charge is -2.08. The van der Waals surface area contributed by atoms with Crippen LogP contribution in [0.5, 0.6) is 0 Å². The zero-order valence-corrected chi connectivity index (χ0v) is 9.90. The van der Waals surface area contributed by atoms with Crippen LogP contribution in [0.2, 0.25) is 0 Å². The fourth-order valence-electron chi connectivity index (χ4n) is 1.79. The van der Waals surface area contributed by atoms with Crippen molar-refractivity contribution in [2.24, 2.45) is 5.92 Å². The van der Waals surface area contributed by atoms with Gasteiger partial charge in [-0.2, -0.15) is 0 Å².